The van der Waals surface area contributed by atoms with Crippen LogP contribution in [0.5, 0.6) is 5.75 Å². The molecule has 1 unspecified atom stereocenters. The SMILES string of the molecule is CC(Oc1ccc(Cl)cc1)C(=O)Nc1cc(C(C)(C)C)on1. The predicted molar refractivity (Wildman–Crippen MR) is 85.4 cm³/mol. The van der Waals surface area contributed by atoms with Gasteiger partial charge >= 0.3 is 0 Å². The lowest BCUT2D eigenvalue weighted by atomic mass is 9.93. The topological polar surface area (TPSA) is 64.4 Å². The second-order valence-electron chi connectivity index (χ2n) is 6.03. The summed E-state index contributed by atoms with van der Waals surface area (Å²) in [6.07, 6.45) is -0.670. The number of nitrogens with one attached hydrogen (secondary N) is 1. The van der Waals surface area contributed by atoms with Gasteiger partial charge in [0.1, 0.15) is 11.5 Å². The summed E-state index contributed by atoms with van der Waals surface area (Å²) in [5.74, 6) is 1.35. The number of anilines is 1. The predicted octanol–water partition coefficient (Wildman–Crippen LogP) is 4.03. The molecule has 0 aliphatic carbocycles. The number of amides is 1. The molecule has 6 heteroatoms. The molecule has 0 saturated heterocycles. The zero-order chi connectivity index (χ0) is 16.3. The van der Waals surface area contributed by atoms with Crippen molar-refractivity contribution in [3.8, 4) is 5.75 Å². The van der Waals surface area contributed by atoms with Crippen LogP contribution in [0.25, 0.3) is 0 Å². The maximum atomic E-state index is 12.1. The van der Waals surface area contributed by atoms with Gasteiger partial charge in [-0.05, 0) is 31.2 Å². The van der Waals surface area contributed by atoms with Crippen LogP contribution in [-0.2, 0) is 10.2 Å². The number of hydrogen-bond donors (Lipinski definition) is 1. The van der Waals surface area contributed by atoms with Crippen LogP contribution in [0.3, 0.4) is 0 Å². The Hall–Kier alpha value is -2.01. The first-order chi connectivity index (χ1) is 10.3. The summed E-state index contributed by atoms with van der Waals surface area (Å²) in [6.45, 7) is 7.68. The monoisotopic (exact) mass is 322 g/mol. The third-order valence-electron chi connectivity index (χ3n) is 3.00. The lowest BCUT2D eigenvalue weighted by molar-refractivity contribution is -0.122. The van der Waals surface area contributed by atoms with Gasteiger partial charge < -0.3 is 14.6 Å². The Morgan fingerprint density at radius 3 is 2.50 bits per heavy atom. The first-order valence-corrected chi connectivity index (χ1v) is 7.34. The summed E-state index contributed by atoms with van der Waals surface area (Å²) in [5, 5.41) is 7.13. The summed E-state index contributed by atoms with van der Waals surface area (Å²) < 4.78 is 10.8. The smallest absolute Gasteiger partial charge is 0.266 e. The molecule has 0 spiro atoms. The molecule has 1 amide bonds. The Kier molecular flexibility index (Phi) is 4.76. The molecule has 2 rings (SSSR count). The summed E-state index contributed by atoms with van der Waals surface area (Å²) >= 11 is 5.80. The highest BCUT2D eigenvalue weighted by molar-refractivity contribution is 6.30. The third kappa shape index (κ3) is 4.24. The van der Waals surface area contributed by atoms with Gasteiger partial charge in [-0.1, -0.05) is 37.5 Å². The van der Waals surface area contributed by atoms with Crippen molar-refractivity contribution in [2.75, 3.05) is 5.32 Å². The van der Waals surface area contributed by atoms with Crippen molar-refractivity contribution in [2.45, 2.75) is 39.2 Å². The molecule has 1 aromatic heterocycles. The number of rotatable bonds is 4. The van der Waals surface area contributed by atoms with Gasteiger partial charge in [0.2, 0.25) is 0 Å². The van der Waals surface area contributed by atoms with Gasteiger partial charge in [0.05, 0.1) is 0 Å². The molecule has 0 bridgehead atoms. The quantitative estimate of drug-likeness (QED) is 0.923. The number of carbonyl (C=O) groups is 1. The van der Waals surface area contributed by atoms with Crippen molar-refractivity contribution < 1.29 is 14.1 Å². The maximum Gasteiger partial charge on any atom is 0.266 e. The van der Waals surface area contributed by atoms with Gasteiger partial charge in [0.15, 0.2) is 11.9 Å². The molecule has 118 valence electrons. The fourth-order valence-electron chi connectivity index (χ4n) is 1.69. The van der Waals surface area contributed by atoms with E-state index in [0.717, 1.165) is 0 Å². The van der Waals surface area contributed by atoms with Crippen LogP contribution in [-0.4, -0.2) is 17.2 Å². The number of carbonyl (C=O) groups excluding carboxylic acids is 1. The molecular weight excluding hydrogens is 304 g/mol. The van der Waals surface area contributed by atoms with Gasteiger partial charge in [-0.25, -0.2) is 0 Å². The van der Waals surface area contributed by atoms with Crippen molar-refractivity contribution in [3.05, 3.63) is 41.1 Å². The minimum Gasteiger partial charge on any atom is -0.481 e. The molecular formula is C16H19ClN2O3. The first kappa shape index (κ1) is 16.4. The van der Waals surface area contributed by atoms with Crippen LogP contribution in [0.2, 0.25) is 5.02 Å². The van der Waals surface area contributed by atoms with Crippen molar-refractivity contribution >= 4 is 23.3 Å². The van der Waals surface area contributed by atoms with Crippen LogP contribution in [0, 0.1) is 0 Å². The second-order valence-corrected chi connectivity index (χ2v) is 6.47. The Bertz CT molecular complexity index is 644. The second kappa shape index (κ2) is 6.40. The van der Waals surface area contributed by atoms with Gasteiger partial charge in [-0.15, -0.1) is 0 Å². The van der Waals surface area contributed by atoms with Crippen LogP contribution < -0.4 is 10.1 Å². The zero-order valence-corrected chi connectivity index (χ0v) is 13.8. The average molecular weight is 323 g/mol. The lowest BCUT2D eigenvalue weighted by Crippen LogP contribution is -2.30. The molecule has 5 nitrogen and oxygen atoms in total. The summed E-state index contributed by atoms with van der Waals surface area (Å²) in [7, 11) is 0. The molecule has 1 atom stereocenters. The van der Waals surface area contributed by atoms with E-state index >= 15 is 0 Å². The minimum atomic E-state index is -0.670. The highest BCUT2D eigenvalue weighted by Crippen LogP contribution is 2.24. The van der Waals surface area contributed by atoms with E-state index in [0.29, 0.717) is 22.4 Å². The molecule has 2 aromatic rings. The van der Waals surface area contributed by atoms with Crippen LogP contribution in [0.15, 0.2) is 34.9 Å². The molecule has 1 aromatic carbocycles. The van der Waals surface area contributed by atoms with E-state index in [-0.39, 0.29) is 11.3 Å². The lowest BCUT2D eigenvalue weighted by Gasteiger charge is -2.13. The number of aromatic nitrogens is 1. The van der Waals surface area contributed by atoms with Crippen molar-refractivity contribution in [3.63, 3.8) is 0 Å². The van der Waals surface area contributed by atoms with Crippen molar-refractivity contribution in [2.24, 2.45) is 0 Å². The Labute approximate surface area is 134 Å². The van der Waals surface area contributed by atoms with E-state index in [9.17, 15) is 4.79 Å². The Morgan fingerprint density at radius 1 is 1.32 bits per heavy atom. The molecule has 1 N–H and O–H groups in total. The average Bonchev–Trinajstić information content (AvgIpc) is 2.90. The van der Waals surface area contributed by atoms with E-state index < -0.39 is 6.10 Å². The normalized spacial score (nSPS) is 12.8. The fraction of sp³-hybridized carbons (Fsp3) is 0.375. The van der Waals surface area contributed by atoms with Gasteiger partial charge in [-0.2, -0.15) is 0 Å². The Balaban J connectivity index is 1.96. The van der Waals surface area contributed by atoms with E-state index in [1.807, 2.05) is 20.8 Å². The zero-order valence-electron chi connectivity index (χ0n) is 13.0. The minimum absolute atomic E-state index is 0.165. The van der Waals surface area contributed by atoms with E-state index in [1.54, 1.807) is 37.3 Å². The van der Waals surface area contributed by atoms with Gasteiger partial charge in [0, 0.05) is 16.5 Å². The van der Waals surface area contributed by atoms with Gasteiger partial charge in [-0.3, -0.25) is 4.79 Å². The van der Waals surface area contributed by atoms with Gasteiger partial charge in [0.25, 0.3) is 5.91 Å². The van der Waals surface area contributed by atoms with E-state index in [4.69, 9.17) is 20.9 Å². The van der Waals surface area contributed by atoms with E-state index in [2.05, 4.69) is 10.5 Å². The molecule has 0 saturated carbocycles. The molecule has 0 aliphatic rings. The highest BCUT2D eigenvalue weighted by atomic mass is 35.5. The number of halogens is 1. The number of hydrogen-bond acceptors (Lipinski definition) is 4. The molecule has 0 radical (unpaired) electrons. The van der Waals surface area contributed by atoms with Crippen molar-refractivity contribution in [1.29, 1.82) is 0 Å². The highest BCUT2D eigenvalue weighted by Gasteiger charge is 2.22. The van der Waals surface area contributed by atoms with Crippen LogP contribution >= 0.6 is 11.6 Å². The standard InChI is InChI=1S/C16H19ClN2O3/c1-10(21-12-7-5-11(17)6-8-12)15(20)18-14-9-13(22-19-14)16(2,3)4/h5-10H,1-4H3,(H,18,19,20). The maximum absolute atomic E-state index is 12.1. The molecule has 1 heterocycles. The first-order valence-electron chi connectivity index (χ1n) is 6.96. The fourth-order valence-corrected chi connectivity index (χ4v) is 1.81. The number of benzene rings is 1. The summed E-state index contributed by atoms with van der Waals surface area (Å²) in [4.78, 5) is 12.1. The summed E-state index contributed by atoms with van der Waals surface area (Å²) in [5.41, 5.74) is -0.165. The van der Waals surface area contributed by atoms with Crippen LogP contribution in [0.4, 0.5) is 5.82 Å². The number of nitrogens with zero attached hydrogens (tertiary/aromatic N) is 1. The molecule has 0 aliphatic heterocycles. The van der Waals surface area contributed by atoms with E-state index in [1.165, 1.54) is 0 Å². The largest absolute Gasteiger partial charge is 0.481 e. The Morgan fingerprint density at radius 2 is 1.95 bits per heavy atom. The van der Waals surface area contributed by atoms with Crippen LogP contribution in [0.1, 0.15) is 33.5 Å². The summed E-state index contributed by atoms with van der Waals surface area (Å²) in [6, 6.07) is 8.54. The van der Waals surface area contributed by atoms with Crippen molar-refractivity contribution in [1.82, 2.24) is 5.16 Å². The molecule has 22 heavy (non-hydrogen) atoms. The number of ether oxygens (including phenoxy) is 1. The third-order valence-corrected chi connectivity index (χ3v) is 3.25. The molecule has 0 fully saturated rings.